The largest absolute Gasteiger partial charge is 0.466 e. The second kappa shape index (κ2) is 4.51. The first-order valence-electron chi connectivity index (χ1n) is 6.47. The van der Waals surface area contributed by atoms with Crippen LogP contribution in [0.15, 0.2) is 0 Å². The zero-order valence-corrected chi connectivity index (χ0v) is 11.6. The zero-order chi connectivity index (χ0) is 14.4. The highest BCUT2D eigenvalue weighted by molar-refractivity contribution is 6.01. The summed E-state index contributed by atoms with van der Waals surface area (Å²) < 4.78 is 10.1. The molecule has 0 bridgehead atoms. The minimum absolute atomic E-state index is 0.0981. The quantitative estimate of drug-likeness (QED) is 0.704. The maximum absolute atomic E-state index is 12.0. The van der Waals surface area contributed by atoms with Gasteiger partial charge in [-0.3, -0.25) is 9.59 Å². The van der Waals surface area contributed by atoms with E-state index in [2.05, 4.69) is 0 Å². The third-order valence-corrected chi connectivity index (χ3v) is 3.29. The monoisotopic (exact) mass is 269 g/mol. The summed E-state index contributed by atoms with van der Waals surface area (Å²) in [7, 11) is 0. The highest BCUT2D eigenvalue weighted by Gasteiger charge is 2.67. The number of rotatable bonds is 2. The fraction of sp³-hybridized carbons (Fsp3) is 0.769. The standard InChI is InChI=1S/C13H19NO5/c1-5-18-11(16)9-7-6-14(10(15)8(7)9)12(17)19-13(2,3)4/h7-9H,5-6H2,1-4H3/t7-,8?,9-/m1/s1. The van der Waals surface area contributed by atoms with Crippen molar-refractivity contribution in [3.63, 3.8) is 0 Å². The minimum atomic E-state index is -0.634. The number of carbonyl (C=O) groups is 3. The Kier molecular flexibility index (Phi) is 3.28. The van der Waals surface area contributed by atoms with E-state index in [1.807, 2.05) is 0 Å². The van der Waals surface area contributed by atoms with Crippen LogP contribution in [0.2, 0.25) is 0 Å². The number of fused-ring (bicyclic) bond motifs is 1. The molecule has 0 aromatic carbocycles. The van der Waals surface area contributed by atoms with Crippen LogP contribution in [0.4, 0.5) is 4.79 Å². The van der Waals surface area contributed by atoms with Crippen LogP contribution in [0.3, 0.4) is 0 Å². The summed E-state index contributed by atoms with van der Waals surface area (Å²) in [6.45, 7) is 7.51. The minimum Gasteiger partial charge on any atom is -0.466 e. The Morgan fingerprint density at radius 1 is 1.37 bits per heavy atom. The number of hydrogen-bond donors (Lipinski definition) is 0. The highest BCUT2D eigenvalue weighted by Crippen LogP contribution is 2.53. The summed E-state index contributed by atoms with van der Waals surface area (Å²) in [5, 5.41) is 0. The normalized spacial score (nSPS) is 28.9. The first-order valence-corrected chi connectivity index (χ1v) is 6.47. The molecule has 1 aliphatic heterocycles. The van der Waals surface area contributed by atoms with E-state index in [4.69, 9.17) is 9.47 Å². The molecule has 1 unspecified atom stereocenters. The van der Waals surface area contributed by atoms with Gasteiger partial charge in [0.1, 0.15) is 5.60 Å². The number of carbonyl (C=O) groups excluding carboxylic acids is 3. The highest BCUT2D eigenvalue weighted by atomic mass is 16.6. The van der Waals surface area contributed by atoms with Gasteiger partial charge in [0.05, 0.1) is 18.4 Å². The molecule has 0 spiro atoms. The summed E-state index contributed by atoms with van der Waals surface area (Å²) in [6.07, 6.45) is -0.632. The van der Waals surface area contributed by atoms with Gasteiger partial charge in [0.25, 0.3) is 0 Å². The number of amides is 2. The molecule has 3 atom stereocenters. The van der Waals surface area contributed by atoms with Gasteiger partial charge in [-0.1, -0.05) is 0 Å². The van der Waals surface area contributed by atoms with Gasteiger partial charge in [-0.15, -0.1) is 0 Å². The molecule has 2 fully saturated rings. The Morgan fingerprint density at radius 3 is 2.42 bits per heavy atom. The van der Waals surface area contributed by atoms with Crippen LogP contribution in [0.25, 0.3) is 0 Å². The molecule has 2 aliphatic rings. The number of imide groups is 1. The van der Waals surface area contributed by atoms with Crippen LogP contribution in [-0.2, 0) is 19.1 Å². The molecule has 2 rings (SSSR count). The van der Waals surface area contributed by atoms with Crippen molar-refractivity contribution in [1.82, 2.24) is 4.90 Å². The molecule has 1 aliphatic carbocycles. The van der Waals surface area contributed by atoms with Crippen molar-refractivity contribution in [2.75, 3.05) is 13.2 Å². The number of piperidine rings is 1. The average molecular weight is 269 g/mol. The lowest BCUT2D eigenvalue weighted by Crippen LogP contribution is -2.40. The van der Waals surface area contributed by atoms with Crippen molar-refractivity contribution in [3.05, 3.63) is 0 Å². The molecule has 0 aromatic rings. The topological polar surface area (TPSA) is 72.9 Å². The fourth-order valence-electron chi connectivity index (χ4n) is 2.46. The third-order valence-electron chi connectivity index (χ3n) is 3.29. The lowest BCUT2D eigenvalue weighted by molar-refractivity contribution is -0.147. The Morgan fingerprint density at radius 2 is 2.00 bits per heavy atom. The van der Waals surface area contributed by atoms with Crippen molar-refractivity contribution in [3.8, 4) is 0 Å². The average Bonchev–Trinajstić information content (AvgIpc) is 2.88. The number of hydrogen-bond acceptors (Lipinski definition) is 5. The summed E-state index contributed by atoms with van der Waals surface area (Å²) in [5.74, 6) is -1.52. The van der Waals surface area contributed by atoms with E-state index < -0.39 is 17.6 Å². The summed E-state index contributed by atoms with van der Waals surface area (Å²) in [6, 6.07) is 0. The second-order valence-electron chi connectivity index (χ2n) is 5.90. The third kappa shape index (κ3) is 2.57. The summed E-state index contributed by atoms with van der Waals surface area (Å²) >= 11 is 0. The van der Waals surface area contributed by atoms with Crippen LogP contribution < -0.4 is 0 Å². The first kappa shape index (κ1) is 13.8. The lowest BCUT2D eigenvalue weighted by atomic mass is 10.2. The van der Waals surface area contributed by atoms with E-state index in [1.54, 1.807) is 27.7 Å². The van der Waals surface area contributed by atoms with Gasteiger partial charge < -0.3 is 9.47 Å². The van der Waals surface area contributed by atoms with E-state index in [9.17, 15) is 14.4 Å². The Labute approximate surface area is 112 Å². The van der Waals surface area contributed by atoms with Gasteiger partial charge in [-0.2, -0.15) is 0 Å². The molecular weight excluding hydrogens is 250 g/mol. The molecule has 6 nitrogen and oxygen atoms in total. The summed E-state index contributed by atoms with van der Waals surface area (Å²) in [4.78, 5) is 36.5. The molecule has 6 heteroatoms. The van der Waals surface area contributed by atoms with Gasteiger partial charge in [0.2, 0.25) is 5.91 Å². The van der Waals surface area contributed by atoms with Gasteiger partial charge in [-0.25, -0.2) is 9.69 Å². The fourth-order valence-corrected chi connectivity index (χ4v) is 2.46. The number of ether oxygens (including phenoxy) is 2. The molecule has 0 aromatic heterocycles. The van der Waals surface area contributed by atoms with Crippen LogP contribution in [0, 0.1) is 17.8 Å². The van der Waals surface area contributed by atoms with Crippen molar-refractivity contribution < 1.29 is 23.9 Å². The lowest BCUT2D eigenvalue weighted by Gasteiger charge is -2.24. The molecular formula is C13H19NO5. The smallest absolute Gasteiger partial charge is 0.417 e. The Bertz CT molecular complexity index is 425. The van der Waals surface area contributed by atoms with Gasteiger partial charge in [0.15, 0.2) is 0 Å². The van der Waals surface area contributed by atoms with Gasteiger partial charge in [0, 0.05) is 12.5 Å². The van der Waals surface area contributed by atoms with E-state index in [0.717, 1.165) is 4.90 Å². The molecule has 0 N–H and O–H groups in total. The second-order valence-corrected chi connectivity index (χ2v) is 5.90. The number of esters is 1. The van der Waals surface area contributed by atoms with Gasteiger partial charge >= 0.3 is 12.1 Å². The number of nitrogens with zero attached hydrogens (tertiary/aromatic N) is 1. The zero-order valence-electron chi connectivity index (χ0n) is 11.6. The van der Waals surface area contributed by atoms with Crippen molar-refractivity contribution in [2.45, 2.75) is 33.3 Å². The van der Waals surface area contributed by atoms with Crippen LogP contribution in [0.1, 0.15) is 27.7 Å². The Balaban J connectivity index is 1.93. The van der Waals surface area contributed by atoms with Crippen LogP contribution in [-0.4, -0.2) is 41.6 Å². The van der Waals surface area contributed by atoms with Crippen LogP contribution in [0.5, 0.6) is 0 Å². The first-order chi connectivity index (χ1) is 8.76. The maximum Gasteiger partial charge on any atom is 0.417 e. The predicted octanol–water partition coefficient (Wildman–Crippen LogP) is 1.19. The Hall–Kier alpha value is -1.59. The van der Waals surface area contributed by atoms with Crippen molar-refractivity contribution in [1.29, 1.82) is 0 Å². The van der Waals surface area contributed by atoms with Crippen molar-refractivity contribution >= 4 is 18.0 Å². The molecule has 0 radical (unpaired) electrons. The predicted molar refractivity (Wildman–Crippen MR) is 65.1 cm³/mol. The SMILES string of the molecule is CCOC(=O)[C@H]1C2C(=O)N(C(=O)OC(C)(C)C)C[C@H]21. The summed E-state index contributed by atoms with van der Waals surface area (Å²) in [5.41, 5.74) is -0.634. The molecule has 2 amide bonds. The molecule has 1 heterocycles. The molecule has 19 heavy (non-hydrogen) atoms. The molecule has 1 saturated carbocycles. The van der Waals surface area contributed by atoms with E-state index in [1.165, 1.54) is 0 Å². The van der Waals surface area contributed by atoms with Crippen LogP contribution >= 0.6 is 0 Å². The maximum atomic E-state index is 12.0. The van der Waals surface area contributed by atoms with E-state index in [-0.39, 0.29) is 30.3 Å². The molecule has 106 valence electrons. The van der Waals surface area contributed by atoms with E-state index in [0.29, 0.717) is 6.61 Å². The molecule has 1 saturated heterocycles. The van der Waals surface area contributed by atoms with Crippen molar-refractivity contribution in [2.24, 2.45) is 17.8 Å². The van der Waals surface area contributed by atoms with Gasteiger partial charge in [-0.05, 0) is 27.7 Å². The van der Waals surface area contributed by atoms with E-state index >= 15 is 0 Å². The number of likely N-dealkylation sites (tertiary alicyclic amines) is 1.